The van der Waals surface area contributed by atoms with Crippen molar-refractivity contribution in [3.05, 3.63) is 17.3 Å². The van der Waals surface area contributed by atoms with E-state index in [0.717, 1.165) is 12.3 Å². The lowest BCUT2D eigenvalue weighted by Gasteiger charge is -2.34. The summed E-state index contributed by atoms with van der Waals surface area (Å²) in [6.45, 7) is 6.54. The minimum atomic E-state index is -3.89. The third kappa shape index (κ3) is 5.97. The zero-order valence-corrected chi connectivity index (χ0v) is 16.3. The first-order chi connectivity index (χ1) is 12.0. The molecule has 0 bridgehead atoms. The van der Waals surface area contributed by atoms with Crippen LogP contribution in [0.4, 0.5) is 4.79 Å². The molecule has 0 saturated carbocycles. The van der Waals surface area contributed by atoms with Gasteiger partial charge in [0.15, 0.2) is 0 Å². The van der Waals surface area contributed by atoms with E-state index in [-0.39, 0.29) is 22.4 Å². The predicted molar refractivity (Wildman–Crippen MR) is 93.7 cm³/mol. The minimum absolute atomic E-state index is 0.0105. The number of amides is 1. The van der Waals surface area contributed by atoms with Crippen molar-refractivity contribution in [3.63, 3.8) is 0 Å². The highest BCUT2D eigenvalue weighted by molar-refractivity contribution is 7.89. The van der Waals surface area contributed by atoms with Crippen LogP contribution >= 0.6 is 11.6 Å². The summed E-state index contributed by atoms with van der Waals surface area (Å²) in [6.07, 6.45) is 0.247. The Hall–Kier alpha value is -1.62. The molecule has 9 nitrogen and oxygen atoms in total. The summed E-state index contributed by atoms with van der Waals surface area (Å²) >= 11 is 5.97. The van der Waals surface area contributed by atoms with Crippen LogP contribution in [0.15, 0.2) is 17.2 Å². The summed E-state index contributed by atoms with van der Waals surface area (Å²) in [5.74, 6) is 0.0528. The van der Waals surface area contributed by atoms with Gasteiger partial charge in [-0.1, -0.05) is 11.6 Å². The number of carbonyl (C=O) groups excluding carboxylic acids is 1. The maximum atomic E-state index is 12.1. The molecule has 0 aromatic carbocycles. The number of carbonyl (C=O) groups is 1. The van der Waals surface area contributed by atoms with Crippen LogP contribution in [0.5, 0.6) is 5.88 Å². The molecule has 11 heteroatoms. The molecule has 1 aromatic heterocycles. The number of halogens is 1. The van der Waals surface area contributed by atoms with Crippen LogP contribution < -0.4 is 9.88 Å². The van der Waals surface area contributed by atoms with Crippen LogP contribution in [0.1, 0.15) is 20.8 Å². The van der Waals surface area contributed by atoms with Gasteiger partial charge in [-0.15, -0.1) is 0 Å². The van der Waals surface area contributed by atoms with Gasteiger partial charge >= 0.3 is 6.09 Å². The number of hydrogen-bond acceptors (Lipinski definition) is 7. The molecule has 1 aromatic rings. The highest BCUT2D eigenvalue weighted by Crippen LogP contribution is 2.24. The van der Waals surface area contributed by atoms with E-state index in [1.807, 2.05) is 0 Å². The SMILES string of the molecule is CC(C)(C)OC(=O)N1CCO[C@@H](COc2ncc(S(N)(=O)=O)cc2Cl)C1. The van der Waals surface area contributed by atoms with Crippen molar-refractivity contribution >= 4 is 27.7 Å². The number of nitrogens with two attached hydrogens (primary N) is 1. The lowest BCUT2D eigenvalue weighted by Crippen LogP contribution is -2.49. The number of rotatable bonds is 4. The molecule has 1 fully saturated rings. The first kappa shape index (κ1) is 20.7. The number of ether oxygens (including phenoxy) is 3. The van der Waals surface area contributed by atoms with Gasteiger partial charge in [0.05, 0.1) is 19.3 Å². The molecule has 2 N–H and O–H groups in total. The molecule has 1 aliphatic rings. The monoisotopic (exact) mass is 407 g/mol. The second-order valence-corrected chi connectivity index (χ2v) is 8.70. The van der Waals surface area contributed by atoms with Crippen LogP contribution in [-0.2, 0) is 19.5 Å². The number of aromatic nitrogens is 1. The maximum absolute atomic E-state index is 12.1. The highest BCUT2D eigenvalue weighted by Gasteiger charge is 2.28. The Bertz CT molecular complexity index is 765. The van der Waals surface area contributed by atoms with Crippen molar-refractivity contribution in [2.75, 3.05) is 26.3 Å². The van der Waals surface area contributed by atoms with Gasteiger partial charge in [0, 0.05) is 6.54 Å². The standard InChI is InChI=1S/C15H22ClN3O6S/c1-15(2,3)25-14(20)19-4-5-23-10(8-19)9-24-13-12(16)6-11(7-18-13)26(17,21)22/h6-7,10H,4-5,8-9H2,1-3H3,(H2,17,21,22)/t10-/m1/s1. The van der Waals surface area contributed by atoms with Crippen molar-refractivity contribution in [2.24, 2.45) is 5.14 Å². The van der Waals surface area contributed by atoms with Crippen molar-refractivity contribution in [3.8, 4) is 5.88 Å². The molecule has 0 radical (unpaired) electrons. The maximum Gasteiger partial charge on any atom is 0.410 e. The molecule has 0 unspecified atom stereocenters. The summed E-state index contributed by atoms with van der Waals surface area (Å²) < 4.78 is 38.9. The fourth-order valence-electron chi connectivity index (χ4n) is 2.15. The van der Waals surface area contributed by atoms with Gasteiger partial charge in [-0.05, 0) is 26.8 Å². The Morgan fingerprint density at radius 1 is 1.50 bits per heavy atom. The molecule has 1 atom stereocenters. The van der Waals surface area contributed by atoms with Crippen molar-refractivity contribution in [1.82, 2.24) is 9.88 Å². The summed E-state index contributed by atoms with van der Waals surface area (Å²) in [5.41, 5.74) is -0.579. The fourth-order valence-corrected chi connectivity index (χ4v) is 2.92. The van der Waals surface area contributed by atoms with E-state index in [1.54, 1.807) is 25.7 Å². The van der Waals surface area contributed by atoms with E-state index in [9.17, 15) is 13.2 Å². The first-order valence-corrected chi connectivity index (χ1v) is 9.79. The Balaban J connectivity index is 1.94. The largest absolute Gasteiger partial charge is 0.474 e. The van der Waals surface area contributed by atoms with E-state index in [0.29, 0.717) is 19.7 Å². The van der Waals surface area contributed by atoms with Gasteiger partial charge in [-0.25, -0.2) is 23.3 Å². The van der Waals surface area contributed by atoms with Crippen LogP contribution in [-0.4, -0.2) is 62.4 Å². The highest BCUT2D eigenvalue weighted by atomic mass is 35.5. The van der Waals surface area contributed by atoms with E-state index in [1.165, 1.54) is 0 Å². The normalized spacial score (nSPS) is 18.5. The zero-order valence-electron chi connectivity index (χ0n) is 14.8. The number of sulfonamides is 1. The van der Waals surface area contributed by atoms with Gasteiger partial charge in [0.2, 0.25) is 15.9 Å². The fraction of sp³-hybridized carbons (Fsp3) is 0.600. The molecular formula is C15H22ClN3O6S. The molecule has 2 heterocycles. The summed E-state index contributed by atoms with van der Waals surface area (Å²) in [7, 11) is -3.89. The lowest BCUT2D eigenvalue weighted by atomic mass is 10.2. The minimum Gasteiger partial charge on any atom is -0.474 e. The molecule has 0 aliphatic carbocycles. The number of primary sulfonamides is 1. The topological polar surface area (TPSA) is 121 Å². The number of hydrogen-bond donors (Lipinski definition) is 1. The molecule has 0 spiro atoms. The molecule has 2 rings (SSSR count). The average Bonchev–Trinajstić information content (AvgIpc) is 2.51. The number of pyridine rings is 1. The lowest BCUT2D eigenvalue weighted by molar-refractivity contribution is -0.0561. The summed E-state index contributed by atoms with van der Waals surface area (Å²) in [4.78, 5) is 17.3. The van der Waals surface area contributed by atoms with Crippen molar-refractivity contribution < 1.29 is 27.4 Å². The van der Waals surface area contributed by atoms with Crippen LogP contribution in [0.25, 0.3) is 0 Å². The van der Waals surface area contributed by atoms with Gasteiger partial charge in [-0.2, -0.15) is 0 Å². The van der Waals surface area contributed by atoms with E-state index in [4.69, 9.17) is 31.0 Å². The van der Waals surface area contributed by atoms with Gasteiger partial charge in [-0.3, -0.25) is 0 Å². The Labute approximate surface area is 157 Å². The number of morpholine rings is 1. The molecular weight excluding hydrogens is 386 g/mol. The molecule has 1 saturated heterocycles. The van der Waals surface area contributed by atoms with Gasteiger partial charge in [0.1, 0.15) is 28.2 Å². The Morgan fingerprint density at radius 2 is 2.19 bits per heavy atom. The van der Waals surface area contributed by atoms with E-state index in [2.05, 4.69) is 4.98 Å². The van der Waals surface area contributed by atoms with Crippen LogP contribution in [0.3, 0.4) is 0 Å². The average molecular weight is 408 g/mol. The quantitative estimate of drug-likeness (QED) is 0.800. The summed E-state index contributed by atoms with van der Waals surface area (Å²) in [6, 6.07) is 1.16. The number of nitrogens with zero attached hydrogens (tertiary/aromatic N) is 2. The van der Waals surface area contributed by atoms with Crippen LogP contribution in [0, 0.1) is 0 Å². The molecule has 26 heavy (non-hydrogen) atoms. The zero-order chi connectivity index (χ0) is 19.5. The second-order valence-electron chi connectivity index (χ2n) is 6.73. The smallest absolute Gasteiger partial charge is 0.410 e. The Morgan fingerprint density at radius 3 is 2.77 bits per heavy atom. The van der Waals surface area contributed by atoms with E-state index < -0.39 is 27.8 Å². The third-order valence-corrected chi connectivity index (χ3v) is 4.46. The molecule has 146 valence electrons. The molecule has 1 aliphatic heterocycles. The van der Waals surface area contributed by atoms with Crippen LogP contribution in [0.2, 0.25) is 5.02 Å². The third-order valence-electron chi connectivity index (χ3n) is 3.31. The summed E-state index contributed by atoms with van der Waals surface area (Å²) in [5, 5.41) is 5.03. The van der Waals surface area contributed by atoms with Crippen molar-refractivity contribution in [1.29, 1.82) is 0 Å². The predicted octanol–water partition coefficient (Wildman–Crippen LogP) is 1.40. The second kappa shape index (κ2) is 7.95. The van der Waals surface area contributed by atoms with E-state index >= 15 is 0 Å². The van der Waals surface area contributed by atoms with Gasteiger partial charge in [0.25, 0.3) is 0 Å². The van der Waals surface area contributed by atoms with Crippen molar-refractivity contribution in [2.45, 2.75) is 37.4 Å². The van der Waals surface area contributed by atoms with Gasteiger partial charge < -0.3 is 19.1 Å². The molecule has 1 amide bonds. The first-order valence-electron chi connectivity index (χ1n) is 7.86. The Kier molecular flexibility index (Phi) is 6.33.